The Hall–Kier alpha value is -1.56. The highest BCUT2D eigenvalue weighted by molar-refractivity contribution is 6.31. The van der Waals surface area contributed by atoms with Crippen LogP contribution in [-0.4, -0.2) is 65.9 Å². The number of anilines is 1. The summed E-state index contributed by atoms with van der Waals surface area (Å²) in [5.74, 6) is 0. The number of nitrogens with zero attached hydrogens (tertiary/aromatic N) is 5. The van der Waals surface area contributed by atoms with Crippen molar-refractivity contribution in [3.8, 4) is 0 Å². The molecule has 0 radical (unpaired) electrons. The Morgan fingerprint density at radius 1 is 1.12 bits per heavy atom. The van der Waals surface area contributed by atoms with Gasteiger partial charge in [-0.1, -0.05) is 29.8 Å². The number of rotatable bonds is 6. The average Bonchev–Trinajstić information content (AvgIpc) is 2.88. The van der Waals surface area contributed by atoms with E-state index in [1.807, 2.05) is 18.7 Å². The third kappa shape index (κ3) is 4.54. The third-order valence-electron chi connectivity index (χ3n) is 5.04. The van der Waals surface area contributed by atoms with Gasteiger partial charge in [-0.05, 0) is 26.1 Å². The standard InChI is InChI=1S/C19H28ClN5/c1-16-19(20)18(21-23(16)3)15-22(2)9-10-24-11-13-25(14-12-24)17-7-5-4-6-8-17/h4-8H,9-15H2,1-3H3. The monoisotopic (exact) mass is 361 g/mol. The van der Waals surface area contributed by atoms with Crippen molar-refractivity contribution in [1.82, 2.24) is 19.6 Å². The smallest absolute Gasteiger partial charge is 0.0953 e. The van der Waals surface area contributed by atoms with E-state index >= 15 is 0 Å². The SMILES string of the molecule is Cc1c(Cl)c(CN(C)CCN2CCN(c3ccccc3)CC2)nn1C. The lowest BCUT2D eigenvalue weighted by Gasteiger charge is -2.36. The van der Waals surface area contributed by atoms with E-state index in [1.54, 1.807) is 0 Å². The van der Waals surface area contributed by atoms with E-state index in [0.717, 1.165) is 62.2 Å². The van der Waals surface area contributed by atoms with Crippen LogP contribution >= 0.6 is 11.6 Å². The Labute approximate surface area is 155 Å². The van der Waals surface area contributed by atoms with E-state index in [2.05, 4.69) is 57.2 Å². The molecule has 2 heterocycles. The van der Waals surface area contributed by atoms with Crippen molar-refractivity contribution in [1.29, 1.82) is 0 Å². The normalized spacial score (nSPS) is 16.0. The number of likely N-dealkylation sites (N-methyl/N-ethyl adjacent to an activating group) is 1. The van der Waals surface area contributed by atoms with Gasteiger partial charge in [-0.3, -0.25) is 14.5 Å². The molecule has 0 saturated carbocycles. The van der Waals surface area contributed by atoms with Gasteiger partial charge in [0.05, 0.1) is 16.4 Å². The van der Waals surface area contributed by atoms with Crippen molar-refractivity contribution in [2.45, 2.75) is 13.5 Å². The molecule has 136 valence electrons. The first-order valence-electron chi connectivity index (χ1n) is 8.93. The van der Waals surface area contributed by atoms with Gasteiger partial charge in [0, 0.05) is 58.5 Å². The van der Waals surface area contributed by atoms with Gasteiger partial charge in [0.15, 0.2) is 0 Å². The number of para-hydroxylation sites is 1. The second kappa shape index (κ2) is 8.21. The van der Waals surface area contributed by atoms with Crippen LogP contribution in [0.3, 0.4) is 0 Å². The number of aryl methyl sites for hydroxylation is 1. The summed E-state index contributed by atoms with van der Waals surface area (Å²) in [6, 6.07) is 10.7. The lowest BCUT2D eigenvalue weighted by Crippen LogP contribution is -2.48. The Bertz CT molecular complexity index is 677. The maximum Gasteiger partial charge on any atom is 0.0953 e. The van der Waals surface area contributed by atoms with E-state index in [9.17, 15) is 0 Å². The topological polar surface area (TPSA) is 27.5 Å². The molecule has 25 heavy (non-hydrogen) atoms. The molecule has 0 unspecified atom stereocenters. The van der Waals surface area contributed by atoms with E-state index in [-0.39, 0.29) is 0 Å². The minimum Gasteiger partial charge on any atom is -0.369 e. The summed E-state index contributed by atoms with van der Waals surface area (Å²) in [5.41, 5.74) is 3.33. The Morgan fingerprint density at radius 3 is 2.40 bits per heavy atom. The van der Waals surface area contributed by atoms with Gasteiger partial charge < -0.3 is 4.90 Å². The second-order valence-electron chi connectivity index (χ2n) is 6.87. The molecule has 3 rings (SSSR count). The predicted octanol–water partition coefficient (Wildman–Crippen LogP) is 2.64. The Balaban J connectivity index is 1.43. The van der Waals surface area contributed by atoms with Gasteiger partial charge in [0.2, 0.25) is 0 Å². The first-order chi connectivity index (χ1) is 12.0. The van der Waals surface area contributed by atoms with Crippen molar-refractivity contribution in [3.63, 3.8) is 0 Å². The molecule has 0 bridgehead atoms. The quantitative estimate of drug-likeness (QED) is 0.790. The minimum absolute atomic E-state index is 0.796. The first kappa shape index (κ1) is 18.2. The predicted molar refractivity (Wildman–Crippen MR) is 104 cm³/mol. The van der Waals surface area contributed by atoms with E-state index in [0.29, 0.717) is 0 Å². The van der Waals surface area contributed by atoms with Crippen LogP contribution in [0, 0.1) is 6.92 Å². The molecule has 1 aromatic heterocycles. The van der Waals surface area contributed by atoms with Crippen molar-refractivity contribution >= 4 is 17.3 Å². The van der Waals surface area contributed by atoms with Gasteiger partial charge >= 0.3 is 0 Å². The largest absolute Gasteiger partial charge is 0.369 e. The lowest BCUT2D eigenvalue weighted by molar-refractivity contribution is 0.211. The molecule has 1 aromatic carbocycles. The van der Waals surface area contributed by atoms with Gasteiger partial charge in [0.1, 0.15) is 0 Å². The maximum absolute atomic E-state index is 6.36. The maximum atomic E-state index is 6.36. The zero-order valence-electron chi connectivity index (χ0n) is 15.5. The molecule has 0 amide bonds. The molecule has 6 heteroatoms. The Morgan fingerprint density at radius 2 is 1.80 bits per heavy atom. The fourth-order valence-electron chi connectivity index (χ4n) is 3.27. The van der Waals surface area contributed by atoms with Crippen LogP contribution in [0.25, 0.3) is 0 Å². The van der Waals surface area contributed by atoms with Crippen molar-refractivity contribution < 1.29 is 0 Å². The van der Waals surface area contributed by atoms with Gasteiger partial charge in [-0.2, -0.15) is 5.10 Å². The molecule has 5 nitrogen and oxygen atoms in total. The van der Waals surface area contributed by atoms with Crippen LogP contribution in [0.4, 0.5) is 5.69 Å². The van der Waals surface area contributed by atoms with Crippen LogP contribution in [0.15, 0.2) is 30.3 Å². The van der Waals surface area contributed by atoms with Gasteiger partial charge in [-0.25, -0.2) is 0 Å². The molecule has 1 fully saturated rings. The number of hydrogen-bond acceptors (Lipinski definition) is 4. The molecule has 2 aromatic rings. The highest BCUT2D eigenvalue weighted by Crippen LogP contribution is 2.20. The van der Waals surface area contributed by atoms with E-state index < -0.39 is 0 Å². The molecule has 1 aliphatic heterocycles. The zero-order valence-corrected chi connectivity index (χ0v) is 16.2. The van der Waals surface area contributed by atoms with Crippen molar-refractivity contribution in [2.24, 2.45) is 7.05 Å². The van der Waals surface area contributed by atoms with Gasteiger partial charge in [0.25, 0.3) is 0 Å². The van der Waals surface area contributed by atoms with Crippen molar-refractivity contribution in [2.75, 3.05) is 51.2 Å². The number of hydrogen-bond donors (Lipinski definition) is 0. The molecule has 1 saturated heterocycles. The average molecular weight is 362 g/mol. The summed E-state index contributed by atoms with van der Waals surface area (Å²) in [4.78, 5) is 7.31. The van der Waals surface area contributed by atoms with Crippen LogP contribution in [-0.2, 0) is 13.6 Å². The summed E-state index contributed by atoms with van der Waals surface area (Å²) >= 11 is 6.36. The summed E-state index contributed by atoms with van der Waals surface area (Å²) in [7, 11) is 4.08. The summed E-state index contributed by atoms with van der Waals surface area (Å²) < 4.78 is 1.86. The molecular formula is C19H28ClN5. The van der Waals surface area contributed by atoms with Gasteiger partial charge in [-0.15, -0.1) is 0 Å². The molecule has 0 N–H and O–H groups in total. The molecular weight excluding hydrogens is 334 g/mol. The van der Waals surface area contributed by atoms with Crippen LogP contribution < -0.4 is 4.90 Å². The lowest BCUT2D eigenvalue weighted by atomic mass is 10.2. The van der Waals surface area contributed by atoms with Crippen LogP contribution in [0.1, 0.15) is 11.4 Å². The molecule has 0 aliphatic carbocycles. The zero-order chi connectivity index (χ0) is 17.8. The van der Waals surface area contributed by atoms with Crippen LogP contribution in [0.5, 0.6) is 0 Å². The minimum atomic E-state index is 0.796. The second-order valence-corrected chi connectivity index (χ2v) is 7.25. The first-order valence-corrected chi connectivity index (χ1v) is 9.31. The number of benzene rings is 1. The van der Waals surface area contributed by atoms with E-state index in [4.69, 9.17) is 11.6 Å². The highest BCUT2D eigenvalue weighted by Gasteiger charge is 2.18. The van der Waals surface area contributed by atoms with Crippen LogP contribution in [0.2, 0.25) is 5.02 Å². The number of piperazine rings is 1. The number of aromatic nitrogens is 2. The fraction of sp³-hybridized carbons (Fsp3) is 0.526. The summed E-state index contributed by atoms with van der Waals surface area (Å²) in [5, 5.41) is 5.31. The molecule has 0 spiro atoms. The third-order valence-corrected chi connectivity index (χ3v) is 5.53. The molecule has 0 atom stereocenters. The Kier molecular flexibility index (Phi) is 5.99. The summed E-state index contributed by atoms with van der Waals surface area (Å²) in [6.45, 7) is 9.34. The molecule has 1 aliphatic rings. The number of halogens is 1. The highest BCUT2D eigenvalue weighted by atomic mass is 35.5. The van der Waals surface area contributed by atoms with Crippen molar-refractivity contribution in [3.05, 3.63) is 46.7 Å². The fourth-order valence-corrected chi connectivity index (χ4v) is 3.49. The summed E-state index contributed by atoms with van der Waals surface area (Å²) in [6.07, 6.45) is 0. The van der Waals surface area contributed by atoms with E-state index in [1.165, 1.54) is 5.69 Å².